The van der Waals surface area contributed by atoms with Crippen molar-refractivity contribution in [2.45, 2.75) is 6.42 Å². The summed E-state index contributed by atoms with van der Waals surface area (Å²) in [5.41, 5.74) is 1.34. The quantitative estimate of drug-likeness (QED) is 0.749. The van der Waals surface area contributed by atoms with E-state index in [4.69, 9.17) is 9.84 Å². The van der Waals surface area contributed by atoms with Crippen LogP contribution in [-0.4, -0.2) is 50.0 Å². The normalized spacial score (nSPS) is 11.3. The highest BCUT2D eigenvalue weighted by atomic mass is 16.5. The lowest BCUT2D eigenvalue weighted by molar-refractivity contribution is 0.107. The molecule has 0 fully saturated rings. The first kappa shape index (κ1) is 15.0. The maximum Gasteiger partial charge on any atom is 0.0593 e. The van der Waals surface area contributed by atoms with Gasteiger partial charge in [-0.15, -0.1) is 0 Å². The van der Waals surface area contributed by atoms with E-state index in [1.165, 1.54) is 16.3 Å². The number of aliphatic hydroxyl groups is 1. The van der Waals surface area contributed by atoms with Gasteiger partial charge in [0.15, 0.2) is 0 Å². The first-order chi connectivity index (χ1) is 9.81. The van der Waals surface area contributed by atoms with Gasteiger partial charge in [-0.3, -0.25) is 0 Å². The minimum absolute atomic E-state index is 0.201. The lowest BCUT2D eigenvalue weighted by Crippen LogP contribution is -2.26. The van der Waals surface area contributed by atoms with E-state index in [2.05, 4.69) is 47.4 Å². The Morgan fingerprint density at radius 3 is 2.65 bits per heavy atom. The van der Waals surface area contributed by atoms with E-state index in [0.29, 0.717) is 13.2 Å². The van der Waals surface area contributed by atoms with Crippen LogP contribution in [0.5, 0.6) is 0 Å². The smallest absolute Gasteiger partial charge is 0.0593 e. The fourth-order valence-corrected chi connectivity index (χ4v) is 2.30. The van der Waals surface area contributed by atoms with Crippen LogP contribution in [0.3, 0.4) is 0 Å². The summed E-state index contributed by atoms with van der Waals surface area (Å²) in [7, 11) is 1.99. The third kappa shape index (κ3) is 4.30. The fourth-order valence-electron chi connectivity index (χ4n) is 2.30. The Morgan fingerprint density at radius 2 is 1.80 bits per heavy atom. The Hall–Kier alpha value is -1.42. The van der Waals surface area contributed by atoms with E-state index >= 15 is 0 Å². The summed E-state index contributed by atoms with van der Waals surface area (Å²) in [6.45, 7) is 3.21. The summed E-state index contributed by atoms with van der Waals surface area (Å²) in [4.78, 5) is 2.07. The first-order valence-electron chi connectivity index (χ1n) is 7.15. The predicted octanol–water partition coefficient (Wildman–Crippen LogP) is 2.32. The van der Waals surface area contributed by atoms with Gasteiger partial charge >= 0.3 is 0 Å². The number of hydrogen-bond acceptors (Lipinski definition) is 3. The highest BCUT2D eigenvalue weighted by molar-refractivity contribution is 5.85. The molecule has 20 heavy (non-hydrogen) atoms. The molecule has 0 amide bonds. The van der Waals surface area contributed by atoms with Crippen LogP contribution >= 0.6 is 0 Å². The molecule has 0 atom stereocenters. The lowest BCUT2D eigenvalue weighted by Gasteiger charge is -2.14. The van der Waals surface area contributed by atoms with E-state index in [1.54, 1.807) is 0 Å². The van der Waals surface area contributed by atoms with Gasteiger partial charge in [0.2, 0.25) is 0 Å². The Balaban J connectivity index is 1.79. The molecule has 0 aliphatic carbocycles. The molecule has 0 aromatic heterocycles. The molecular weight excluding hydrogens is 250 g/mol. The maximum atomic E-state index is 8.81. The topological polar surface area (TPSA) is 32.7 Å². The molecule has 0 aliphatic rings. The summed E-state index contributed by atoms with van der Waals surface area (Å²) < 4.78 is 5.68. The van der Waals surface area contributed by atoms with Gasteiger partial charge in [-0.1, -0.05) is 42.5 Å². The van der Waals surface area contributed by atoms with Crippen molar-refractivity contribution in [1.29, 1.82) is 0 Å². The van der Waals surface area contributed by atoms with Gasteiger partial charge < -0.3 is 14.7 Å². The van der Waals surface area contributed by atoms with Crippen LogP contribution in [0.25, 0.3) is 10.8 Å². The van der Waals surface area contributed by atoms with Crippen LogP contribution in [0, 0.1) is 0 Å². The molecule has 3 nitrogen and oxygen atoms in total. The summed E-state index contributed by atoms with van der Waals surface area (Å²) in [5, 5.41) is 11.4. The highest BCUT2D eigenvalue weighted by Crippen LogP contribution is 2.18. The van der Waals surface area contributed by atoms with Crippen molar-refractivity contribution >= 4 is 10.8 Å². The predicted molar refractivity (Wildman–Crippen MR) is 83.1 cm³/mol. The molecule has 2 aromatic carbocycles. The zero-order chi connectivity index (χ0) is 14.2. The van der Waals surface area contributed by atoms with Gasteiger partial charge in [-0.05, 0) is 29.8 Å². The second-order valence-electron chi connectivity index (χ2n) is 5.03. The van der Waals surface area contributed by atoms with Crippen molar-refractivity contribution in [2.24, 2.45) is 0 Å². The minimum atomic E-state index is 0.201. The molecule has 0 radical (unpaired) electrons. The molecular formula is C17H23NO2. The van der Waals surface area contributed by atoms with Crippen LogP contribution in [0.4, 0.5) is 0 Å². The second-order valence-corrected chi connectivity index (χ2v) is 5.03. The number of ether oxygens (including phenoxy) is 1. The Labute approximate surface area is 120 Å². The number of hydrogen-bond donors (Lipinski definition) is 1. The third-order valence-electron chi connectivity index (χ3n) is 3.49. The van der Waals surface area contributed by atoms with E-state index in [9.17, 15) is 0 Å². The summed E-state index contributed by atoms with van der Waals surface area (Å²) in [5.74, 6) is 0. The summed E-state index contributed by atoms with van der Waals surface area (Å²) >= 11 is 0. The SMILES string of the molecule is CN(CCO)CCOCCc1cccc2ccccc12. The molecule has 0 saturated carbocycles. The van der Waals surface area contributed by atoms with Gasteiger partial charge in [0.25, 0.3) is 0 Å². The number of fused-ring (bicyclic) bond motifs is 1. The second kappa shape index (κ2) is 8.00. The van der Waals surface area contributed by atoms with Gasteiger partial charge in [0.05, 0.1) is 19.8 Å². The van der Waals surface area contributed by atoms with Crippen LogP contribution in [0.15, 0.2) is 42.5 Å². The zero-order valence-corrected chi connectivity index (χ0v) is 12.1. The molecule has 0 spiro atoms. The van der Waals surface area contributed by atoms with Gasteiger partial charge in [-0.25, -0.2) is 0 Å². The molecule has 0 heterocycles. The maximum absolute atomic E-state index is 8.81. The molecule has 0 unspecified atom stereocenters. The summed E-state index contributed by atoms with van der Waals surface area (Å²) in [6.07, 6.45) is 0.936. The molecule has 0 aliphatic heterocycles. The Bertz CT molecular complexity index is 522. The van der Waals surface area contributed by atoms with E-state index in [0.717, 1.165) is 19.6 Å². The lowest BCUT2D eigenvalue weighted by atomic mass is 10.0. The van der Waals surface area contributed by atoms with Crippen LogP contribution < -0.4 is 0 Å². The van der Waals surface area contributed by atoms with Crippen molar-refractivity contribution in [1.82, 2.24) is 4.90 Å². The van der Waals surface area contributed by atoms with E-state index in [1.807, 2.05) is 7.05 Å². The molecule has 0 saturated heterocycles. The number of aliphatic hydroxyl groups excluding tert-OH is 1. The number of nitrogens with zero attached hydrogens (tertiary/aromatic N) is 1. The minimum Gasteiger partial charge on any atom is -0.395 e. The molecule has 2 aromatic rings. The van der Waals surface area contributed by atoms with E-state index < -0.39 is 0 Å². The fraction of sp³-hybridized carbons (Fsp3) is 0.412. The number of likely N-dealkylation sites (N-methyl/N-ethyl adjacent to an activating group) is 1. The monoisotopic (exact) mass is 273 g/mol. The van der Waals surface area contributed by atoms with Gasteiger partial charge in [0.1, 0.15) is 0 Å². The zero-order valence-electron chi connectivity index (χ0n) is 12.1. The molecule has 108 valence electrons. The average molecular weight is 273 g/mol. The number of benzene rings is 2. The standard InChI is InChI=1S/C17H23NO2/c1-18(10-12-19)11-14-20-13-9-16-7-4-6-15-5-2-3-8-17(15)16/h2-8,19H,9-14H2,1H3. The van der Waals surface area contributed by atoms with Crippen molar-refractivity contribution in [3.05, 3.63) is 48.0 Å². The molecule has 2 rings (SSSR count). The van der Waals surface area contributed by atoms with Crippen molar-refractivity contribution in [3.63, 3.8) is 0 Å². The Morgan fingerprint density at radius 1 is 1.00 bits per heavy atom. The largest absolute Gasteiger partial charge is 0.395 e. The van der Waals surface area contributed by atoms with Crippen LogP contribution in [0.1, 0.15) is 5.56 Å². The van der Waals surface area contributed by atoms with Crippen LogP contribution in [-0.2, 0) is 11.2 Å². The van der Waals surface area contributed by atoms with Crippen molar-refractivity contribution in [2.75, 3.05) is 40.0 Å². The number of rotatable bonds is 8. The average Bonchev–Trinajstić information content (AvgIpc) is 2.47. The van der Waals surface area contributed by atoms with Crippen molar-refractivity contribution in [3.8, 4) is 0 Å². The van der Waals surface area contributed by atoms with Crippen molar-refractivity contribution < 1.29 is 9.84 Å². The third-order valence-corrected chi connectivity index (χ3v) is 3.49. The van der Waals surface area contributed by atoms with Gasteiger partial charge in [-0.2, -0.15) is 0 Å². The van der Waals surface area contributed by atoms with E-state index in [-0.39, 0.29) is 6.61 Å². The molecule has 1 N–H and O–H groups in total. The molecule has 3 heteroatoms. The Kier molecular flexibility index (Phi) is 5.99. The van der Waals surface area contributed by atoms with Gasteiger partial charge in [0, 0.05) is 13.1 Å². The van der Waals surface area contributed by atoms with Crippen LogP contribution in [0.2, 0.25) is 0 Å². The first-order valence-corrected chi connectivity index (χ1v) is 7.15. The molecule has 0 bridgehead atoms. The summed E-state index contributed by atoms with van der Waals surface area (Å²) in [6, 6.07) is 14.9. The highest BCUT2D eigenvalue weighted by Gasteiger charge is 2.01.